The summed E-state index contributed by atoms with van der Waals surface area (Å²) in [7, 11) is 0. The third-order valence-electron chi connectivity index (χ3n) is 6.62. The molecule has 8 nitrogen and oxygen atoms in total. The highest BCUT2D eigenvalue weighted by atomic mass is 16.2. The van der Waals surface area contributed by atoms with E-state index in [4.69, 9.17) is 5.73 Å². The van der Waals surface area contributed by atoms with Crippen molar-refractivity contribution in [2.45, 2.75) is 57.5 Å². The van der Waals surface area contributed by atoms with Gasteiger partial charge in [0.15, 0.2) is 0 Å². The molecule has 0 bridgehead atoms. The first-order chi connectivity index (χ1) is 15.0. The lowest BCUT2D eigenvalue weighted by Crippen LogP contribution is -2.54. The molecule has 4 rings (SSSR count). The van der Waals surface area contributed by atoms with Crippen LogP contribution >= 0.6 is 0 Å². The molecule has 3 aliphatic rings. The third-order valence-corrected chi connectivity index (χ3v) is 6.62. The van der Waals surface area contributed by atoms with Crippen molar-refractivity contribution in [3.05, 3.63) is 34.9 Å². The Bertz CT molecular complexity index is 894. The van der Waals surface area contributed by atoms with Crippen LogP contribution in [0.2, 0.25) is 0 Å². The number of amides is 4. The second-order valence-corrected chi connectivity index (χ2v) is 8.81. The van der Waals surface area contributed by atoms with Gasteiger partial charge in [0.1, 0.15) is 6.04 Å². The fraction of sp³-hybridized carbons (Fsp3) is 0.565. The highest BCUT2D eigenvalue weighted by Crippen LogP contribution is 2.31. The number of benzene rings is 1. The Labute approximate surface area is 182 Å². The largest absolute Gasteiger partial charge is 0.330 e. The standard InChI is InChI=1S/C23H30N4O4/c24-11-4-12-26(13-15-5-1-2-6-15)14-16-7-3-8-17-20(16)23(31)27(22(17)30)18-9-10-19(28)25-21(18)29/h3,7-8,15,18H,1-2,4-6,9-14,24H2,(H,25,28,29). The summed E-state index contributed by atoms with van der Waals surface area (Å²) in [6.45, 7) is 2.98. The average Bonchev–Trinajstić information content (AvgIpc) is 3.34. The molecule has 1 saturated heterocycles. The first kappa shape index (κ1) is 21.6. The number of nitrogens with two attached hydrogens (primary N) is 1. The van der Waals surface area contributed by atoms with Gasteiger partial charge in [0.05, 0.1) is 11.1 Å². The van der Waals surface area contributed by atoms with Gasteiger partial charge in [-0.3, -0.25) is 34.3 Å². The van der Waals surface area contributed by atoms with E-state index in [9.17, 15) is 19.2 Å². The van der Waals surface area contributed by atoms with Gasteiger partial charge in [0.25, 0.3) is 11.8 Å². The van der Waals surface area contributed by atoms with Gasteiger partial charge < -0.3 is 5.73 Å². The Morgan fingerprint density at radius 1 is 1.06 bits per heavy atom. The van der Waals surface area contributed by atoms with Crippen molar-refractivity contribution in [2.75, 3.05) is 19.6 Å². The molecule has 2 aliphatic heterocycles. The van der Waals surface area contributed by atoms with Gasteiger partial charge in [-0.1, -0.05) is 25.0 Å². The minimum atomic E-state index is -0.940. The van der Waals surface area contributed by atoms with E-state index in [1.807, 2.05) is 6.07 Å². The van der Waals surface area contributed by atoms with Crippen LogP contribution in [0.3, 0.4) is 0 Å². The van der Waals surface area contributed by atoms with Gasteiger partial charge >= 0.3 is 0 Å². The van der Waals surface area contributed by atoms with E-state index in [1.54, 1.807) is 12.1 Å². The van der Waals surface area contributed by atoms with E-state index in [0.717, 1.165) is 30.0 Å². The van der Waals surface area contributed by atoms with Crippen LogP contribution in [0.1, 0.15) is 71.2 Å². The van der Waals surface area contributed by atoms with Crippen molar-refractivity contribution in [1.29, 1.82) is 0 Å². The van der Waals surface area contributed by atoms with E-state index < -0.39 is 23.8 Å². The summed E-state index contributed by atoms with van der Waals surface area (Å²) >= 11 is 0. The molecular weight excluding hydrogens is 396 g/mol. The molecule has 2 heterocycles. The molecule has 1 unspecified atom stereocenters. The zero-order chi connectivity index (χ0) is 22.0. The third kappa shape index (κ3) is 4.41. The van der Waals surface area contributed by atoms with Crippen LogP contribution in [0.25, 0.3) is 0 Å². The molecule has 1 aliphatic carbocycles. The van der Waals surface area contributed by atoms with Crippen molar-refractivity contribution in [2.24, 2.45) is 11.7 Å². The number of nitrogens with one attached hydrogen (secondary N) is 1. The molecule has 0 spiro atoms. The van der Waals surface area contributed by atoms with Crippen molar-refractivity contribution in [3.63, 3.8) is 0 Å². The van der Waals surface area contributed by atoms with Gasteiger partial charge in [0.2, 0.25) is 11.8 Å². The molecule has 3 N–H and O–H groups in total. The van der Waals surface area contributed by atoms with Gasteiger partial charge in [-0.15, -0.1) is 0 Å². The number of imide groups is 2. The summed E-state index contributed by atoms with van der Waals surface area (Å²) in [5.41, 5.74) is 7.27. The fourth-order valence-electron chi connectivity index (χ4n) is 5.07. The number of rotatable bonds is 8. The second-order valence-electron chi connectivity index (χ2n) is 8.81. The molecule has 1 saturated carbocycles. The zero-order valence-electron chi connectivity index (χ0n) is 17.8. The Morgan fingerprint density at radius 2 is 1.84 bits per heavy atom. The van der Waals surface area contributed by atoms with Crippen molar-refractivity contribution < 1.29 is 19.2 Å². The molecule has 4 amide bonds. The number of hydrogen-bond acceptors (Lipinski definition) is 6. The summed E-state index contributed by atoms with van der Waals surface area (Å²) in [6, 6.07) is 4.39. The SMILES string of the molecule is NCCCN(Cc1cccc2c1C(=O)N(C1CCC(=O)NC1=O)C2=O)CC1CCCC1. The highest BCUT2D eigenvalue weighted by molar-refractivity contribution is 6.24. The van der Waals surface area contributed by atoms with Crippen LogP contribution in [0, 0.1) is 5.92 Å². The van der Waals surface area contributed by atoms with Gasteiger partial charge in [-0.25, -0.2) is 0 Å². The molecule has 2 fully saturated rings. The topological polar surface area (TPSA) is 113 Å². The minimum Gasteiger partial charge on any atom is -0.330 e. The smallest absolute Gasteiger partial charge is 0.262 e. The molecular formula is C23H30N4O4. The van der Waals surface area contributed by atoms with Crippen LogP contribution in [-0.4, -0.2) is 59.1 Å². The molecule has 0 aromatic heterocycles. The first-order valence-electron chi connectivity index (χ1n) is 11.3. The maximum atomic E-state index is 13.3. The number of nitrogens with zero attached hydrogens (tertiary/aromatic N) is 2. The first-order valence-corrected chi connectivity index (χ1v) is 11.3. The van der Waals surface area contributed by atoms with Crippen LogP contribution in [-0.2, 0) is 16.1 Å². The minimum absolute atomic E-state index is 0.116. The number of carbonyl (C=O) groups excluding carboxylic acids is 4. The molecule has 8 heteroatoms. The molecule has 1 aromatic carbocycles. The van der Waals surface area contributed by atoms with E-state index >= 15 is 0 Å². The molecule has 31 heavy (non-hydrogen) atoms. The normalized spacial score (nSPS) is 21.9. The number of hydrogen-bond donors (Lipinski definition) is 2. The van der Waals surface area contributed by atoms with Crippen LogP contribution in [0.15, 0.2) is 18.2 Å². The zero-order valence-corrected chi connectivity index (χ0v) is 17.8. The summed E-state index contributed by atoms with van der Waals surface area (Å²) in [4.78, 5) is 53.5. The van der Waals surface area contributed by atoms with E-state index in [1.165, 1.54) is 25.7 Å². The van der Waals surface area contributed by atoms with Crippen LogP contribution in [0.4, 0.5) is 0 Å². The molecule has 166 valence electrons. The lowest BCUT2D eigenvalue weighted by Gasteiger charge is -2.28. The summed E-state index contributed by atoms with van der Waals surface area (Å²) in [5, 5.41) is 2.24. The van der Waals surface area contributed by atoms with Crippen LogP contribution in [0.5, 0.6) is 0 Å². The molecule has 1 atom stereocenters. The predicted octanol–water partition coefficient (Wildman–Crippen LogP) is 1.43. The van der Waals surface area contributed by atoms with E-state index in [-0.39, 0.29) is 18.7 Å². The number of carbonyl (C=O) groups is 4. The molecule has 1 aromatic rings. The Kier molecular flexibility index (Phi) is 6.48. The Morgan fingerprint density at radius 3 is 2.55 bits per heavy atom. The highest BCUT2D eigenvalue weighted by Gasteiger charge is 2.45. The van der Waals surface area contributed by atoms with E-state index in [0.29, 0.717) is 30.1 Å². The fourth-order valence-corrected chi connectivity index (χ4v) is 5.07. The van der Waals surface area contributed by atoms with Crippen LogP contribution < -0.4 is 11.1 Å². The Hall–Kier alpha value is -2.58. The van der Waals surface area contributed by atoms with Gasteiger partial charge in [0, 0.05) is 19.5 Å². The maximum absolute atomic E-state index is 13.3. The van der Waals surface area contributed by atoms with Gasteiger partial charge in [-0.05, 0) is 56.3 Å². The maximum Gasteiger partial charge on any atom is 0.262 e. The monoisotopic (exact) mass is 426 g/mol. The number of fused-ring (bicyclic) bond motifs is 1. The van der Waals surface area contributed by atoms with E-state index in [2.05, 4.69) is 10.2 Å². The lowest BCUT2D eigenvalue weighted by atomic mass is 10.0. The summed E-state index contributed by atoms with van der Waals surface area (Å²) in [5.74, 6) is -1.20. The van der Waals surface area contributed by atoms with Crippen molar-refractivity contribution >= 4 is 23.6 Å². The quantitative estimate of drug-likeness (QED) is 0.608. The van der Waals surface area contributed by atoms with Crippen molar-refractivity contribution in [3.8, 4) is 0 Å². The number of piperidine rings is 1. The predicted molar refractivity (Wildman–Crippen MR) is 114 cm³/mol. The van der Waals surface area contributed by atoms with Gasteiger partial charge in [-0.2, -0.15) is 0 Å². The molecule has 0 radical (unpaired) electrons. The second kappa shape index (κ2) is 9.28. The van der Waals surface area contributed by atoms with Crippen molar-refractivity contribution in [1.82, 2.24) is 15.1 Å². The lowest BCUT2D eigenvalue weighted by molar-refractivity contribution is -0.136. The average molecular weight is 427 g/mol. The summed E-state index contributed by atoms with van der Waals surface area (Å²) < 4.78 is 0. The summed E-state index contributed by atoms with van der Waals surface area (Å²) in [6.07, 6.45) is 6.14. The Balaban J connectivity index is 1.57.